The molecular formula is C21H22N4O4. The van der Waals surface area contributed by atoms with Gasteiger partial charge in [-0.1, -0.05) is 18.2 Å². The second kappa shape index (κ2) is 7.46. The highest BCUT2D eigenvalue weighted by molar-refractivity contribution is 5.97. The fraction of sp³-hybridized carbons (Fsp3) is 0.286. The largest absolute Gasteiger partial charge is 0.467 e. The van der Waals surface area contributed by atoms with Crippen molar-refractivity contribution >= 4 is 17.5 Å². The number of amides is 2. The summed E-state index contributed by atoms with van der Waals surface area (Å²) < 4.78 is 8.50. The van der Waals surface area contributed by atoms with Gasteiger partial charge in [-0.2, -0.15) is 0 Å². The van der Waals surface area contributed by atoms with Crippen LogP contribution in [-0.4, -0.2) is 32.6 Å². The van der Waals surface area contributed by atoms with Crippen LogP contribution in [0.25, 0.3) is 5.69 Å². The predicted molar refractivity (Wildman–Crippen MR) is 107 cm³/mol. The minimum absolute atomic E-state index is 0.104. The van der Waals surface area contributed by atoms with Gasteiger partial charge in [0.15, 0.2) is 0 Å². The van der Waals surface area contributed by atoms with Crippen molar-refractivity contribution in [3.8, 4) is 5.69 Å². The average Bonchev–Trinajstić information content (AvgIpc) is 3.40. The van der Waals surface area contributed by atoms with Crippen LogP contribution in [-0.2, 0) is 23.2 Å². The van der Waals surface area contributed by atoms with Crippen molar-refractivity contribution in [2.45, 2.75) is 19.9 Å². The maximum absolute atomic E-state index is 12.9. The van der Waals surface area contributed by atoms with E-state index in [1.54, 1.807) is 41.9 Å². The number of carbonyl (C=O) groups is 2. The number of nitrogens with one attached hydrogen (secondary N) is 1. The van der Waals surface area contributed by atoms with E-state index in [0.29, 0.717) is 30.2 Å². The third-order valence-electron chi connectivity index (χ3n) is 5.31. The number of hydrogen-bond acceptors (Lipinski definition) is 4. The van der Waals surface area contributed by atoms with E-state index >= 15 is 0 Å². The van der Waals surface area contributed by atoms with Crippen LogP contribution in [0.5, 0.6) is 0 Å². The molecule has 1 saturated heterocycles. The van der Waals surface area contributed by atoms with Crippen LogP contribution >= 0.6 is 0 Å². The van der Waals surface area contributed by atoms with Crippen molar-refractivity contribution in [3.63, 3.8) is 0 Å². The van der Waals surface area contributed by atoms with Gasteiger partial charge in [-0.3, -0.25) is 19.1 Å². The molecule has 1 aliphatic rings. The van der Waals surface area contributed by atoms with Gasteiger partial charge in [0.25, 0.3) is 5.56 Å². The molecular weight excluding hydrogens is 372 g/mol. The zero-order chi connectivity index (χ0) is 20.5. The first kappa shape index (κ1) is 18.8. The number of rotatable bonds is 5. The van der Waals surface area contributed by atoms with Gasteiger partial charge in [0.2, 0.25) is 11.8 Å². The minimum Gasteiger partial charge on any atom is -0.467 e. The molecule has 29 heavy (non-hydrogen) atoms. The lowest BCUT2D eigenvalue weighted by Crippen LogP contribution is -2.29. The van der Waals surface area contributed by atoms with Crippen LogP contribution in [0.1, 0.15) is 17.9 Å². The number of para-hydroxylation sites is 1. The first-order valence-electron chi connectivity index (χ1n) is 9.40. The van der Waals surface area contributed by atoms with Gasteiger partial charge in [-0.05, 0) is 31.2 Å². The normalized spacial score (nSPS) is 16.4. The van der Waals surface area contributed by atoms with Crippen LogP contribution in [0.3, 0.4) is 0 Å². The molecule has 1 unspecified atom stereocenters. The summed E-state index contributed by atoms with van der Waals surface area (Å²) in [6.45, 7) is 2.41. The molecule has 1 aliphatic heterocycles. The molecule has 1 atom stereocenters. The number of benzene rings is 1. The van der Waals surface area contributed by atoms with Gasteiger partial charge in [0.05, 0.1) is 30.1 Å². The summed E-state index contributed by atoms with van der Waals surface area (Å²) in [5.74, 6) is -0.273. The van der Waals surface area contributed by atoms with Crippen LogP contribution in [0.4, 0.5) is 5.69 Å². The highest BCUT2D eigenvalue weighted by Gasteiger charge is 2.35. The second-order valence-electron chi connectivity index (χ2n) is 7.18. The minimum atomic E-state index is -0.512. The lowest BCUT2D eigenvalue weighted by molar-refractivity contribution is -0.128. The molecule has 0 aliphatic carbocycles. The Hall–Kier alpha value is -3.55. The molecule has 0 spiro atoms. The Kier molecular flexibility index (Phi) is 4.84. The first-order valence-corrected chi connectivity index (χ1v) is 9.40. The number of likely N-dealkylation sites (tertiary alicyclic amines) is 1. The van der Waals surface area contributed by atoms with E-state index in [1.807, 2.05) is 30.3 Å². The van der Waals surface area contributed by atoms with E-state index < -0.39 is 5.92 Å². The topological polar surface area (TPSA) is 89.5 Å². The summed E-state index contributed by atoms with van der Waals surface area (Å²) in [6, 6.07) is 12.8. The maximum Gasteiger partial charge on any atom is 0.295 e. The fourth-order valence-electron chi connectivity index (χ4n) is 3.63. The Balaban J connectivity index is 1.52. The molecule has 0 bridgehead atoms. The Labute approximate surface area is 167 Å². The van der Waals surface area contributed by atoms with E-state index in [1.165, 1.54) is 4.68 Å². The van der Waals surface area contributed by atoms with Gasteiger partial charge in [-0.25, -0.2) is 4.68 Å². The van der Waals surface area contributed by atoms with Crippen molar-refractivity contribution in [1.82, 2.24) is 14.3 Å². The van der Waals surface area contributed by atoms with E-state index in [0.717, 1.165) is 0 Å². The number of aromatic nitrogens is 2. The molecule has 2 aromatic heterocycles. The summed E-state index contributed by atoms with van der Waals surface area (Å²) in [7, 11) is 1.77. The standard InChI is InChI=1S/C21H22N4O4/c1-14-19(21(28)25(23(14)2)16-7-4-3-5-8-16)22-20(27)15-11-18(26)24(12-15)13-17-9-6-10-29-17/h3-10,15H,11-13H2,1-2H3,(H,22,27). The van der Waals surface area contributed by atoms with E-state index in [4.69, 9.17) is 4.42 Å². The molecule has 8 heteroatoms. The van der Waals surface area contributed by atoms with Crippen molar-refractivity contribution < 1.29 is 14.0 Å². The van der Waals surface area contributed by atoms with Crippen molar-refractivity contribution in [1.29, 1.82) is 0 Å². The van der Waals surface area contributed by atoms with Crippen molar-refractivity contribution in [3.05, 3.63) is 70.5 Å². The molecule has 0 saturated carbocycles. The van der Waals surface area contributed by atoms with Gasteiger partial charge < -0.3 is 14.6 Å². The first-order chi connectivity index (χ1) is 14.0. The summed E-state index contributed by atoms with van der Waals surface area (Å²) in [5, 5.41) is 2.76. The van der Waals surface area contributed by atoms with Crippen LogP contribution < -0.4 is 10.9 Å². The number of hydrogen-bond donors (Lipinski definition) is 1. The molecule has 1 fully saturated rings. The molecule has 4 rings (SSSR count). The SMILES string of the molecule is Cc1c(NC(=O)C2CC(=O)N(Cc3ccco3)C2)c(=O)n(-c2ccccc2)n1C. The lowest BCUT2D eigenvalue weighted by atomic mass is 10.1. The summed E-state index contributed by atoms with van der Waals surface area (Å²) >= 11 is 0. The van der Waals surface area contributed by atoms with Crippen LogP contribution in [0.2, 0.25) is 0 Å². The quantitative estimate of drug-likeness (QED) is 0.717. The molecule has 2 amide bonds. The average molecular weight is 394 g/mol. The predicted octanol–water partition coefficient (Wildman–Crippen LogP) is 2.06. The van der Waals surface area contributed by atoms with E-state index in [-0.39, 0.29) is 29.5 Å². The molecule has 1 N–H and O–H groups in total. The molecule has 8 nitrogen and oxygen atoms in total. The monoisotopic (exact) mass is 394 g/mol. The number of furan rings is 1. The molecule has 3 heterocycles. The second-order valence-corrected chi connectivity index (χ2v) is 7.18. The molecule has 150 valence electrons. The number of nitrogens with zero attached hydrogens (tertiary/aromatic N) is 3. The summed E-state index contributed by atoms with van der Waals surface area (Å²) in [5.41, 5.74) is 1.29. The van der Waals surface area contributed by atoms with E-state index in [9.17, 15) is 14.4 Å². The zero-order valence-corrected chi connectivity index (χ0v) is 16.3. The van der Waals surface area contributed by atoms with Crippen molar-refractivity contribution in [2.75, 3.05) is 11.9 Å². The number of carbonyl (C=O) groups excluding carboxylic acids is 2. The fourth-order valence-corrected chi connectivity index (χ4v) is 3.63. The summed E-state index contributed by atoms with van der Waals surface area (Å²) in [6.07, 6.45) is 1.67. The summed E-state index contributed by atoms with van der Waals surface area (Å²) in [4.78, 5) is 39.6. The van der Waals surface area contributed by atoms with Gasteiger partial charge >= 0.3 is 0 Å². The lowest BCUT2D eigenvalue weighted by Gasteiger charge is -2.14. The molecule has 0 radical (unpaired) electrons. The van der Waals surface area contributed by atoms with Crippen LogP contribution in [0.15, 0.2) is 57.9 Å². The smallest absolute Gasteiger partial charge is 0.295 e. The van der Waals surface area contributed by atoms with Gasteiger partial charge in [-0.15, -0.1) is 0 Å². The van der Waals surface area contributed by atoms with Gasteiger partial charge in [0, 0.05) is 20.0 Å². The third kappa shape index (κ3) is 3.49. The Morgan fingerprint density at radius 1 is 1.17 bits per heavy atom. The van der Waals surface area contributed by atoms with E-state index in [2.05, 4.69) is 5.32 Å². The third-order valence-corrected chi connectivity index (χ3v) is 5.31. The highest BCUT2D eigenvalue weighted by Crippen LogP contribution is 2.22. The molecule has 1 aromatic carbocycles. The molecule has 3 aromatic rings. The van der Waals surface area contributed by atoms with Gasteiger partial charge in [0.1, 0.15) is 11.4 Å². The maximum atomic E-state index is 12.9. The van der Waals surface area contributed by atoms with Crippen molar-refractivity contribution in [2.24, 2.45) is 13.0 Å². The Morgan fingerprint density at radius 2 is 1.93 bits per heavy atom. The Morgan fingerprint density at radius 3 is 2.62 bits per heavy atom. The van der Waals surface area contributed by atoms with Crippen LogP contribution in [0, 0.1) is 12.8 Å². The zero-order valence-electron chi connectivity index (χ0n) is 16.3. The Bertz CT molecular complexity index is 1100. The highest BCUT2D eigenvalue weighted by atomic mass is 16.3. The number of anilines is 1.